The summed E-state index contributed by atoms with van der Waals surface area (Å²) in [6, 6.07) is 4.51. The molecule has 2 aromatic heterocycles. The van der Waals surface area contributed by atoms with Crippen molar-refractivity contribution in [2.45, 2.75) is 0 Å². The number of halogens is 1. The third-order valence-electron chi connectivity index (χ3n) is 1.59. The lowest BCUT2D eigenvalue weighted by Crippen LogP contribution is -1.87. The molecule has 0 aliphatic carbocycles. The molecule has 2 rings (SSSR count). The van der Waals surface area contributed by atoms with Crippen molar-refractivity contribution in [3.63, 3.8) is 0 Å². The predicted molar refractivity (Wildman–Crippen MR) is 39.9 cm³/mol. The van der Waals surface area contributed by atoms with Crippen LogP contribution in [0.4, 0.5) is 4.39 Å². The van der Waals surface area contributed by atoms with E-state index in [0.29, 0.717) is 11.3 Å². The average Bonchev–Trinajstić information content (AvgIpc) is 2.46. The summed E-state index contributed by atoms with van der Waals surface area (Å²) < 4.78 is 14.1. The van der Waals surface area contributed by atoms with Gasteiger partial charge in [-0.2, -0.15) is 5.26 Å². The first-order valence-electron chi connectivity index (χ1n) is 3.34. The summed E-state index contributed by atoms with van der Waals surface area (Å²) in [5.74, 6) is -0.349. The molecule has 58 valence electrons. The van der Waals surface area contributed by atoms with E-state index < -0.39 is 0 Å². The van der Waals surface area contributed by atoms with Gasteiger partial charge in [-0.15, -0.1) is 0 Å². The van der Waals surface area contributed by atoms with Crippen molar-refractivity contribution in [3.05, 3.63) is 36.0 Å². The van der Waals surface area contributed by atoms with E-state index >= 15 is 0 Å². The Bertz CT molecular complexity index is 467. The number of nitriles is 1. The number of rotatable bonds is 0. The molecule has 3 nitrogen and oxygen atoms in total. The minimum atomic E-state index is -0.349. The first-order chi connectivity index (χ1) is 5.81. The minimum Gasteiger partial charge on any atom is -0.291 e. The molecule has 0 unspecified atom stereocenters. The van der Waals surface area contributed by atoms with Gasteiger partial charge in [-0.3, -0.25) is 4.40 Å². The van der Waals surface area contributed by atoms with Crippen molar-refractivity contribution in [2.75, 3.05) is 0 Å². The van der Waals surface area contributed by atoms with Gasteiger partial charge in [0, 0.05) is 12.3 Å². The molecule has 0 bridgehead atoms. The van der Waals surface area contributed by atoms with E-state index in [0.717, 1.165) is 0 Å². The Hall–Kier alpha value is -1.89. The number of hydrogen-bond donors (Lipinski definition) is 0. The second-order valence-electron chi connectivity index (χ2n) is 2.33. The molecule has 4 heteroatoms. The van der Waals surface area contributed by atoms with Gasteiger partial charge >= 0.3 is 0 Å². The van der Waals surface area contributed by atoms with Crippen LogP contribution in [0.15, 0.2) is 24.5 Å². The maximum atomic E-state index is 12.6. The van der Waals surface area contributed by atoms with E-state index in [-0.39, 0.29) is 5.82 Å². The van der Waals surface area contributed by atoms with Crippen LogP contribution in [-0.2, 0) is 0 Å². The molecule has 0 saturated heterocycles. The van der Waals surface area contributed by atoms with E-state index in [2.05, 4.69) is 4.98 Å². The third kappa shape index (κ3) is 0.839. The highest BCUT2D eigenvalue weighted by atomic mass is 19.1. The summed E-state index contributed by atoms with van der Waals surface area (Å²) >= 11 is 0. The topological polar surface area (TPSA) is 41.1 Å². The molecule has 0 saturated carbocycles. The second kappa shape index (κ2) is 2.31. The Morgan fingerprint density at radius 1 is 1.58 bits per heavy atom. The number of nitrogens with zero attached hydrogens (tertiary/aromatic N) is 3. The summed E-state index contributed by atoms with van der Waals surface area (Å²) in [6.45, 7) is 0. The molecule has 0 atom stereocenters. The van der Waals surface area contributed by atoms with E-state index in [1.165, 1.54) is 28.9 Å². The molecule has 0 radical (unpaired) electrons. The fourth-order valence-corrected chi connectivity index (χ4v) is 1.04. The average molecular weight is 161 g/mol. The molecular weight excluding hydrogens is 157 g/mol. The van der Waals surface area contributed by atoms with Gasteiger partial charge in [0.15, 0.2) is 0 Å². The van der Waals surface area contributed by atoms with E-state index in [1.54, 1.807) is 0 Å². The molecular formula is C8H4FN3. The third-order valence-corrected chi connectivity index (χ3v) is 1.59. The molecule has 0 fully saturated rings. The summed E-state index contributed by atoms with van der Waals surface area (Å²) in [4.78, 5) is 3.85. The van der Waals surface area contributed by atoms with Crippen molar-refractivity contribution < 1.29 is 4.39 Å². The largest absolute Gasteiger partial charge is 0.291 e. The predicted octanol–water partition coefficient (Wildman–Crippen LogP) is 1.35. The van der Waals surface area contributed by atoms with Gasteiger partial charge in [-0.25, -0.2) is 9.37 Å². The first-order valence-corrected chi connectivity index (χ1v) is 3.34. The summed E-state index contributed by atoms with van der Waals surface area (Å²) in [5.41, 5.74) is 0.858. The molecule has 0 aliphatic heterocycles. The van der Waals surface area contributed by atoms with Crippen molar-refractivity contribution in [1.29, 1.82) is 5.26 Å². The summed E-state index contributed by atoms with van der Waals surface area (Å²) in [6.07, 6.45) is 2.89. The van der Waals surface area contributed by atoms with Gasteiger partial charge in [0.2, 0.25) is 0 Å². The molecule has 0 spiro atoms. The summed E-state index contributed by atoms with van der Waals surface area (Å²) in [7, 11) is 0. The molecule has 0 aliphatic rings. The van der Waals surface area contributed by atoms with Crippen LogP contribution in [0.25, 0.3) is 5.65 Å². The zero-order valence-electron chi connectivity index (χ0n) is 6.03. The van der Waals surface area contributed by atoms with Crippen LogP contribution < -0.4 is 0 Å². The highest BCUT2D eigenvalue weighted by Crippen LogP contribution is 2.06. The van der Waals surface area contributed by atoms with Crippen molar-refractivity contribution >= 4 is 5.65 Å². The number of pyridine rings is 1. The van der Waals surface area contributed by atoms with Crippen LogP contribution in [0, 0.1) is 17.1 Å². The lowest BCUT2D eigenvalue weighted by molar-refractivity contribution is 0.626. The van der Waals surface area contributed by atoms with E-state index in [4.69, 9.17) is 5.26 Å². The maximum absolute atomic E-state index is 12.6. The molecule has 2 aromatic rings. The Morgan fingerprint density at radius 3 is 3.17 bits per heavy atom. The van der Waals surface area contributed by atoms with E-state index in [1.807, 2.05) is 6.07 Å². The number of hydrogen-bond acceptors (Lipinski definition) is 2. The second-order valence-corrected chi connectivity index (χ2v) is 2.33. The molecule has 0 N–H and O–H groups in total. The van der Waals surface area contributed by atoms with Gasteiger partial charge in [-0.1, -0.05) is 0 Å². The number of aromatic nitrogens is 2. The summed E-state index contributed by atoms with van der Waals surface area (Å²) in [5, 5.41) is 8.59. The monoisotopic (exact) mass is 161 g/mol. The van der Waals surface area contributed by atoms with Crippen molar-refractivity contribution in [3.8, 4) is 6.07 Å². The number of imidazole rings is 1. The van der Waals surface area contributed by atoms with E-state index in [9.17, 15) is 4.39 Å². The van der Waals surface area contributed by atoms with Gasteiger partial charge < -0.3 is 0 Å². The molecule has 0 aromatic carbocycles. The molecule has 2 heterocycles. The zero-order chi connectivity index (χ0) is 8.55. The van der Waals surface area contributed by atoms with Crippen LogP contribution in [0.1, 0.15) is 5.69 Å². The lowest BCUT2D eigenvalue weighted by Gasteiger charge is -1.92. The Morgan fingerprint density at radius 2 is 2.42 bits per heavy atom. The molecule has 0 amide bonds. The normalized spacial score (nSPS) is 10.0. The van der Waals surface area contributed by atoms with Crippen molar-refractivity contribution in [2.24, 2.45) is 0 Å². The lowest BCUT2D eigenvalue weighted by atomic mass is 10.4. The maximum Gasteiger partial charge on any atom is 0.144 e. The fourth-order valence-electron chi connectivity index (χ4n) is 1.04. The van der Waals surface area contributed by atoms with Gasteiger partial charge in [-0.05, 0) is 6.07 Å². The quantitative estimate of drug-likeness (QED) is 0.585. The highest BCUT2D eigenvalue weighted by molar-refractivity contribution is 5.43. The Balaban J connectivity index is 2.84. The number of fused-ring (bicyclic) bond motifs is 1. The first kappa shape index (κ1) is 6.80. The Kier molecular flexibility index (Phi) is 1.31. The van der Waals surface area contributed by atoms with Gasteiger partial charge in [0.05, 0.1) is 6.20 Å². The fraction of sp³-hybridized carbons (Fsp3) is 0. The van der Waals surface area contributed by atoms with Crippen LogP contribution in [0.3, 0.4) is 0 Å². The van der Waals surface area contributed by atoms with Crippen LogP contribution >= 0.6 is 0 Å². The Labute approximate surface area is 67.7 Å². The van der Waals surface area contributed by atoms with Crippen molar-refractivity contribution in [1.82, 2.24) is 9.38 Å². The van der Waals surface area contributed by atoms with Crippen LogP contribution in [0.2, 0.25) is 0 Å². The minimum absolute atomic E-state index is 0.349. The van der Waals surface area contributed by atoms with Crippen LogP contribution in [0.5, 0.6) is 0 Å². The zero-order valence-corrected chi connectivity index (χ0v) is 6.03. The van der Waals surface area contributed by atoms with Gasteiger partial charge in [0.25, 0.3) is 0 Å². The smallest absolute Gasteiger partial charge is 0.144 e. The highest BCUT2D eigenvalue weighted by Gasteiger charge is 2.01. The SMILES string of the molecule is N#Cc1cnc2cc(F)ccn12. The van der Waals surface area contributed by atoms with Crippen LogP contribution in [-0.4, -0.2) is 9.38 Å². The van der Waals surface area contributed by atoms with Gasteiger partial charge in [0.1, 0.15) is 23.2 Å². The molecule has 12 heavy (non-hydrogen) atoms. The standard InChI is InChI=1S/C8H4FN3/c9-6-1-2-12-7(4-10)5-11-8(12)3-6/h1-3,5H.